The maximum atomic E-state index is 11.7. The standard InChI is InChI=1S/C12H22N4O2/c1-3-15(4-2)12(18)9-13-7-11-8-14-16(10-11)5-6-17/h8,10,13,17H,3-7,9H2,1-2H3. The molecule has 0 aromatic carbocycles. The first-order chi connectivity index (χ1) is 8.71. The molecular formula is C12H22N4O2. The molecule has 0 unspecified atom stereocenters. The molecule has 1 amide bonds. The van der Waals surface area contributed by atoms with Gasteiger partial charge in [0, 0.05) is 31.4 Å². The van der Waals surface area contributed by atoms with Crippen LogP contribution in [0.25, 0.3) is 0 Å². The van der Waals surface area contributed by atoms with Crippen molar-refractivity contribution in [2.24, 2.45) is 0 Å². The molecule has 6 heteroatoms. The van der Waals surface area contributed by atoms with Gasteiger partial charge in [-0.15, -0.1) is 0 Å². The summed E-state index contributed by atoms with van der Waals surface area (Å²) < 4.78 is 1.68. The van der Waals surface area contributed by atoms with Gasteiger partial charge in [0.15, 0.2) is 0 Å². The highest BCUT2D eigenvalue weighted by Gasteiger charge is 2.08. The van der Waals surface area contributed by atoms with E-state index in [1.165, 1.54) is 0 Å². The van der Waals surface area contributed by atoms with E-state index in [-0.39, 0.29) is 12.5 Å². The molecule has 0 bridgehead atoms. The number of nitrogens with one attached hydrogen (secondary N) is 1. The van der Waals surface area contributed by atoms with E-state index in [0.29, 0.717) is 19.6 Å². The van der Waals surface area contributed by atoms with Crippen LogP contribution in [-0.2, 0) is 17.9 Å². The lowest BCUT2D eigenvalue weighted by atomic mass is 10.3. The summed E-state index contributed by atoms with van der Waals surface area (Å²) in [4.78, 5) is 13.5. The van der Waals surface area contributed by atoms with Gasteiger partial charge in [0.2, 0.25) is 5.91 Å². The summed E-state index contributed by atoms with van der Waals surface area (Å²) in [6.07, 6.45) is 3.61. The molecule has 0 saturated heterocycles. The van der Waals surface area contributed by atoms with Crippen LogP contribution < -0.4 is 5.32 Å². The fraction of sp³-hybridized carbons (Fsp3) is 0.667. The highest BCUT2D eigenvalue weighted by Crippen LogP contribution is 1.97. The van der Waals surface area contributed by atoms with Crippen molar-refractivity contribution in [2.45, 2.75) is 26.9 Å². The molecule has 1 aromatic rings. The first-order valence-corrected chi connectivity index (χ1v) is 6.31. The molecule has 0 saturated carbocycles. The number of hydrogen-bond acceptors (Lipinski definition) is 4. The third kappa shape index (κ3) is 4.46. The molecule has 6 nitrogen and oxygen atoms in total. The SMILES string of the molecule is CCN(CC)C(=O)CNCc1cnn(CCO)c1. The van der Waals surface area contributed by atoms with Gasteiger partial charge >= 0.3 is 0 Å². The van der Waals surface area contributed by atoms with Crippen molar-refractivity contribution in [3.8, 4) is 0 Å². The number of likely N-dealkylation sites (N-methyl/N-ethyl adjacent to an activating group) is 1. The van der Waals surface area contributed by atoms with E-state index in [1.807, 2.05) is 20.0 Å². The van der Waals surface area contributed by atoms with Gasteiger partial charge in [0.1, 0.15) is 0 Å². The molecule has 1 rings (SSSR count). The molecule has 2 N–H and O–H groups in total. The molecule has 1 heterocycles. The highest BCUT2D eigenvalue weighted by molar-refractivity contribution is 5.78. The minimum Gasteiger partial charge on any atom is -0.394 e. The molecule has 0 aliphatic heterocycles. The van der Waals surface area contributed by atoms with Crippen LogP contribution in [0.3, 0.4) is 0 Å². The van der Waals surface area contributed by atoms with Crippen molar-refractivity contribution in [1.29, 1.82) is 0 Å². The second kappa shape index (κ2) is 7.84. The number of rotatable bonds is 8. The van der Waals surface area contributed by atoms with Crippen LogP contribution in [0.5, 0.6) is 0 Å². The van der Waals surface area contributed by atoms with Gasteiger partial charge in [-0.2, -0.15) is 5.10 Å². The average Bonchev–Trinajstić information content (AvgIpc) is 2.79. The summed E-state index contributed by atoms with van der Waals surface area (Å²) in [6.45, 7) is 6.95. The van der Waals surface area contributed by atoms with Crippen LogP contribution in [0.15, 0.2) is 12.4 Å². The Bertz CT molecular complexity index is 361. The summed E-state index contributed by atoms with van der Waals surface area (Å²) >= 11 is 0. The lowest BCUT2D eigenvalue weighted by molar-refractivity contribution is -0.129. The number of aliphatic hydroxyl groups is 1. The van der Waals surface area contributed by atoms with E-state index in [4.69, 9.17) is 5.11 Å². The van der Waals surface area contributed by atoms with Crippen molar-refractivity contribution >= 4 is 5.91 Å². The van der Waals surface area contributed by atoms with Crippen molar-refractivity contribution < 1.29 is 9.90 Å². The smallest absolute Gasteiger partial charge is 0.236 e. The average molecular weight is 254 g/mol. The van der Waals surface area contributed by atoms with Crippen LogP contribution in [-0.4, -0.2) is 51.9 Å². The Morgan fingerprint density at radius 1 is 1.50 bits per heavy atom. The maximum Gasteiger partial charge on any atom is 0.236 e. The summed E-state index contributed by atoms with van der Waals surface area (Å²) in [5, 5.41) is 16.0. The van der Waals surface area contributed by atoms with Crippen LogP contribution in [0, 0.1) is 0 Å². The summed E-state index contributed by atoms with van der Waals surface area (Å²) in [5.74, 6) is 0.114. The van der Waals surface area contributed by atoms with Crippen molar-refractivity contribution in [1.82, 2.24) is 20.0 Å². The van der Waals surface area contributed by atoms with E-state index in [2.05, 4.69) is 10.4 Å². The first kappa shape index (κ1) is 14.7. The molecular weight excluding hydrogens is 232 g/mol. The maximum absolute atomic E-state index is 11.7. The molecule has 0 aliphatic rings. The number of nitrogens with zero attached hydrogens (tertiary/aromatic N) is 3. The van der Waals surface area contributed by atoms with E-state index in [1.54, 1.807) is 15.8 Å². The zero-order chi connectivity index (χ0) is 13.4. The minimum absolute atomic E-state index is 0.0784. The van der Waals surface area contributed by atoms with E-state index in [0.717, 1.165) is 18.7 Å². The Kier molecular flexibility index (Phi) is 6.38. The molecule has 0 spiro atoms. The van der Waals surface area contributed by atoms with Crippen molar-refractivity contribution in [2.75, 3.05) is 26.2 Å². The van der Waals surface area contributed by atoms with Gasteiger partial charge in [0.05, 0.1) is 25.9 Å². The second-order valence-electron chi connectivity index (χ2n) is 4.00. The number of amides is 1. The number of aliphatic hydroxyl groups excluding tert-OH is 1. The zero-order valence-electron chi connectivity index (χ0n) is 11.1. The van der Waals surface area contributed by atoms with E-state index < -0.39 is 0 Å². The Morgan fingerprint density at radius 3 is 2.83 bits per heavy atom. The lowest BCUT2D eigenvalue weighted by Crippen LogP contribution is -2.37. The van der Waals surface area contributed by atoms with Gasteiger partial charge in [-0.05, 0) is 13.8 Å². The Morgan fingerprint density at radius 2 is 2.22 bits per heavy atom. The summed E-state index contributed by atoms with van der Waals surface area (Å²) in [5.41, 5.74) is 1.01. The third-order valence-corrected chi connectivity index (χ3v) is 2.74. The predicted molar refractivity (Wildman–Crippen MR) is 68.9 cm³/mol. The first-order valence-electron chi connectivity index (χ1n) is 6.31. The number of carbonyl (C=O) groups excluding carboxylic acids is 1. The van der Waals surface area contributed by atoms with Gasteiger partial charge in [-0.25, -0.2) is 0 Å². The lowest BCUT2D eigenvalue weighted by Gasteiger charge is -2.18. The zero-order valence-corrected chi connectivity index (χ0v) is 11.1. The van der Waals surface area contributed by atoms with Gasteiger partial charge in [-0.1, -0.05) is 0 Å². The molecule has 0 atom stereocenters. The largest absolute Gasteiger partial charge is 0.394 e. The molecule has 0 radical (unpaired) electrons. The van der Waals surface area contributed by atoms with Gasteiger partial charge in [-0.3, -0.25) is 9.48 Å². The molecule has 1 aromatic heterocycles. The highest BCUT2D eigenvalue weighted by atomic mass is 16.3. The Labute approximate surface area is 108 Å². The summed E-state index contributed by atoms with van der Waals surface area (Å²) in [7, 11) is 0. The van der Waals surface area contributed by atoms with Crippen LogP contribution in [0.2, 0.25) is 0 Å². The van der Waals surface area contributed by atoms with E-state index >= 15 is 0 Å². The molecule has 18 heavy (non-hydrogen) atoms. The van der Waals surface area contributed by atoms with Crippen molar-refractivity contribution in [3.05, 3.63) is 18.0 Å². The van der Waals surface area contributed by atoms with Gasteiger partial charge in [0.25, 0.3) is 0 Å². The predicted octanol–water partition coefficient (Wildman–Crippen LogP) is -0.167. The second-order valence-corrected chi connectivity index (χ2v) is 4.00. The minimum atomic E-state index is 0.0784. The third-order valence-electron chi connectivity index (χ3n) is 2.74. The van der Waals surface area contributed by atoms with Crippen LogP contribution in [0.1, 0.15) is 19.4 Å². The van der Waals surface area contributed by atoms with E-state index in [9.17, 15) is 4.79 Å². The monoisotopic (exact) mass is 254 g/mol. The number of hydrogen-bond donors (Lipinski definition) is 2. The molecule has 0 aliphatic carbocycles. The fourth-order valence-corrected chi connectivity index (χ4v) is 1.72. The molecule has 0 fully saturated rings. The summed E-state index contributed by atoms with van der Waals surface area (Å²) in [6, 6.07) is 0. The quantitative estimate of drug-likeness (QED) is 0.676. The van der Waals surface area contributed by atoms with Gasteiger partial charge < -0.3 is 15.3 Å². The number of carbonyl (C=O) groups is 1. The van der Waals surface area contributed by atoms with Crippen LogP contribution >= 0.6 is 0 Å². The van der Waals surface area contributed by atoms with Crippen molar-refractivity contribution in [3.63, 3.8) is 0 Å². The number of aromatic nitrogens is 2. The topological polar surface area (TPSA) is 70.4 Å². The Balaban J connectivity index is 2.30. The fourth-order valence-electron chi connectivity index (χ4n) is 1.72. The van der Waals surface area contributed by atoms with Crippen LogP contribution in [0.4, 0.5) is 0 Å². The molecule has 102 valence electrons. The Hall–Kier alpha value is -1.40. The normalized spacial score (nSPS) is 10.6.